The second-order valence-corrected chi connectivity index (χ2v) is 8.66. The molecule has 2 unspecified atom stereocenters. The van der Waals surface area contributed by atoms with Crippen molar-refractivity contribution in [1.29, 1.82) is 0 Å². The van der Waals surface area contributed by atoms with E-state index in [4.69, 9.17) is 4.74 Å². The predicted molar refractivity (Wildman–Crippen MR) is 111 cm³/mol. The number of fused-ring (bicyclic) bond motifs is 4. The van der Waals surface area contributed by atoms with Gasteiger partial charge in [0.15, 0.2) is 0 Å². The largest absolute Gasteiger partial charge is 0.496 e. The summed E-state index contributed by atoms with van der Waals surface area (Å²) in [6.07, 6.45) is 2.22. The lowest BCUT2D eigenvalue weighted by atomic mass is 9.77. The summed E-state index contributed by atoms with van der Waals surface area (Å²) in [5, 5.41) is 2.43. The zero-order chi connectivity index (χ0) is 19.3. The van der Waals surface area contributed by atoms with Crippen molar-refractivity contribution < 1.29 is 4.74 Å². The first-order chi connectivity index (χ1) is 13.7. The molecule has 0 saturated carbocycles. The lowest BCUT2D eigenvalue weighted by Gasteiger charge is -2.28. The van der Waals surface area contributed by atoms with E-state index in [0.29, 0.717) is 35.1 Å². The van der Waals surface area contributed by atoms with Gasteiger partial charge in [-0.1, -0.05) is 12.1 Å². The van der Waals surface area contributed by atoms with Crippen LogP contribution in [-0.2, 0) is 13.0 Å². The molecule has 2 atom stereocenters. The van der Waals surface area contributed by atoms with E-state index >= 15 is 0 Å². The smallest absolute Gasteiger partial charge is 0.329 e. The maximum atomic E-state index is 12.6. The van der Waals surface area contributed by atoms with Crippen molar-refractivity contribution in [3.63, 3.8) is 0 Å². The fourth-order valence-corrected chi connectivity index (χ4v) is 5.70. The molecule has 0 bridgehead atoms. The van der Waals surface area contributed by atoms with Crippen LogP contribution in [0.1, 0.15) is 23.5 Å². The molecule has 146 valence electrons. The summed E-state index contributed by atoms with van der Waals surface area (Å²) >= 11 is 1.39. The molecule has 3 aromatic rings. The lowest BCUT2D eigenvalue weighted by molar-refractivity contribution is 0.303. The first kappa shape index (κ1) is 17.7. The van der Waals surface area contributed by atoms with E-state index in [0.717, 1.165) is 31.7 Å². The highest BCUT2D eigenvalue weighted by Gasteiger charge is 2.38. The topological polar surface area (TPSA) is 67.3 Å². The van der Waals surface area contributed by atoms with Crippen molar-refractivity contribution in [3.8, 4) is 5.75 Å². The van der Waals surface area contributed by atoms with Crippen LogP contribution >= 0.6 is 11.3 Å². The zero-order valence-electron chi connectivity index (χ0n) is 15.8. The Balaban J connectivity index is 1.35. The summed E-state index contributed by atoms with van der Waals surface area (Å²) < 4.78 is 6.90. The molecule has 1 aromatic carbocycles. The number of likely N-dealkylation sites (tertiary alicyclic amines) is 1. The van der Waals surface area contributed by atoms with Crippen LogP contribution < -0.4 is 16.0 Å². The Kier molecular flexibility index (Phi) is 4.36. The van der Waals surface area contributed by atoms with Crippen molar-refractivity contribution >= 4 is 21.6 Å². The third-order valence-corrected chi connectivity index (χ3v) is 7.15. The molecule has 1 fully saturated rings. The highest BCUT2D eigenvalue weighted by atomic mass is 32.1. The maximum absolute atomic E-state index is 12.6. The number of hydrogen-bond donors (Lipinski definition) is 1. The molecule has 3 heterocycles. The van der Waals surface area contributed by atoms with Crippen LogP contribution in [0.2, 0.25) is 0 Å². The quantitative estimate of drug-likeness (QED) is 0.734. The van der Waals surface area contributed by atoms with E-state index in [1.54, 1.807) is 13.2 Å². The number of aromatic nitrogens is 2. The Morgan fingerprint density at radius 1 is 1.21 bits per heavy atom. The van der Waals surface area contributed by atoms with Gasteiger partial charge >= 0.3 is 5.69 Å². The molecule has 0 spiro atoms. The monoisotopic (exact) mass is 397 g/mol. The van der Waals surface area contributed by atoms with Crippen molar-refractivity contribution in [1.82, 2.24) is 14.5 Å². The molecule has 2 aromatic heterocycles. The number of aromatic amines is 1. The van der Waals surface area contributed by atoms with Crippen LogP contribution in [0.3, 0.4) is 0 Å². The molecular formula is C21H23N3O3S. The van der Waals surface area contributed by atoms with Gasteiger partial charge in [-0.05, 0) is 47.4 Å². The normalized spacial score (nSPS) is 21.6. The van der Waals surface area contributed by atoms with Crippen LogP contribution in [-0.4, -0.2) is 41.2 Å². The number of rotatable bonds is 4. The minimum Gasteiger partial charge on any atom is -0.496 e. The number of nitrogens with one attached hydrogen (secondary N) is 1. The summed E-state index contributed by atoms with van der Waals surface area (Å²) in [5.74, 6) is 2.14. The predicted octanol–water partition coefficient (Wildman–Crippen LogP) is 2.42. The van der Waals surface area contributed by atoms with Crippen molar-refractivity contribution in [2.45, 2.75) is 25.3 Å². The SMILES string of the molecule is COc1cccc2c1CCC1CN(CCn3c(=O)[nH]c4sccc4c3=O)CC21. The summed E-state index contributed by atoms with van der Waals surface area (Å²) in [4.78, 5) is 30.8. The fourth-order valence-electron chi connectivity index (χ4n) is 4.93. The van der Waals surface area contributed by atoms with Crippen LogP contribution in [0.25, 0.3) is 10.2 Å². The van der Waals surface area contributed by atoms with Gasteiger partial charge in [0.25, 0.3) is 5.56 Å². The lowest BCUT2D eigenvalue weighted by Crippen LogP contribution is -2.38. The molecule has 1 aliphatic carbocycles. The van der Waals surface area contributed by atoms with Gasteiger partial charge in [-0.2, -0.15) is 0 Å². The highest BCUT2D eigenvalue weighted by molar-refractivity contribution is 7.16. The number of methoxy groups -OCH3 is 1. The number of thiophene rings is 1. The van der Waals surface area contributed by atoms with Crippen molar-refractivity contribution in [2.24, 2.45) is 5.92 Å². The molecule has 6 nitrogen and oxygen atoms in total. The molecular weight excluding hydrogens is 374 g/mol. The third kappa shape index (κ3) is 2.81. The van der Waals surface area contributed by atoms with Gasteiger partial charge in [0.05, 0.1) is 12.5 Å². The molecule has 1 N–H and O–H groups in total. The molecule has 0 amide bonds. The van der Waals surface area contributed by atoms with E-state index in [1.165, 1.54) is 27.0 Å². The maximum Gasteiger partial charge on any atom is 0.329 e. The highest BCUT2D eigenvalue weighted by Crippen LogP contribution is 2.43. The second kappa shape index (κ2) is 6.90. The second-order valence-electron chi connectivity index (χ2n) is 7.74. The average Bonchev–Trinajstić information content (AvgIpc) is 3.33. The number of hydrogen-bond acceptors (Lipinski definition) is 5. The van der Waals surface area contributed by atoms with Crippen molar-refractivity contribution in [3.05, 3.63) is 61.6 Å². The molecule has 0 radical (unpaired) electrons. The van der Waals surface area contributed by atoms with E-state index in [-0.39, 0.29) is 11.2 Å². The Labute approximate surface area is 166 Å². The molecule has 5 rings (SSSR count). The Morgan fingerprint density at radius 2 is 2.11 bits per heavy atom. The molecule has 1 saturated heterocycles. The standard InChI is InChI=1S/C21H23N3O3S/c1-27-18-4-2-3-14-15(18)6-5-13-11-23(12-17(13)14)8-9-24-20(25)16-7-10-28-19(16)22-21(24)26/h2-4,7,10,13,17H,5-6,8-9,11-12H2,1H3,(H,22,26). The number of nitrogens with zero attached hydrogens (tertiary/aromatic N) is 2. The number of H-pyrrole nitrogens is 1. The molecule has 28 heavy (non-hydrogen) atoms. The van der Waals surface area contributed by atoms with E-state index in [1.807, 2.05) is 11.4 Å². The fraction of sp³-hybridized carbons (Fsp3) is 0.429. The van der Waals surface area contributed by atoms with E-state index in [2.05, 4.69) is 22.0 Å². The average molecular weight is 398 g/mol. The van der Waals surface area contributed by atoms with Gasteiger partial charge in [-0.15, -0.1) is 11.3 Å². The Hall–Kier alpha value is -2.38. The number of benzene rings is 1. The van der Waals surface area contributed by atoms with Gasteiger partial charge in [-0.3, -0.25) is 14.3 Å². The Bertz CT molecular complexity index is 1150. The van der Waals surface area contributed by atoms with Gasteiger partial charge in [0.2, 0.25) is 0 Å². The van der Waals surface area contributed by atoms with E-state index < -0.39 is 0 Å². The van der Waals surface area contributed by atoms with Gasteiger partial charge in [0, 0.05) is 32.1 Å². The van der Waals surface area contributed by atoms with Crippen LogP contribution in [0.15, 0.2) is 39.2 Å². The first-order valence-corrected chi connectivity index (χ1v) is 10.6. The van der Waals surface area contributed by atoms with Gasteiger partial charge in [0.1, 0.15) is 10.6 Å². The summed E-state index contributed by atoms with van der Waals surface area (Å²) in [5.41, 5.74) is 2.26. The minimum atomic E-state index is -0.313. The summed E-state index contributed by atoms with van der Waals surface area (Å²) in [6, 6.07) is 8.14. The van der Waals surface area contributed by atoms with Crippen LogP contribution in [0, 0.1) is 5.92 Å². The zero-order valence-corrected chi connectivity index (χ0v) is 16.6. The molecule has 1 aliphatic heterocycles. The van der Waals surface area contributed by atoms with Gasteiger partial charge in [-0.25, -0.2) is 4.79 Å². The summed E-state index contributed by atoms with van der Waals surface area (Å²) in [6.45, 7) is 3.13. The first-order valence-electron chi connectivity index (χ1n) is 9.74. The van der Waals surface area contributed by atoms with Crippen molar-refractivity contribution in [2.75, 3.05) is 26.7 Å². The van der Waals surface area contributed by atoms with E-state index in [9.17, 15) is 9.59 Å². The molecule has 2 aliphatic rings. The minimum absolute atomic E-state index is 0.188. The Morgan fingerprint density at radius 3 is 2.96 bits per heavy atom. The third-order valence-electron chi connectivity index (χ3n) is 6.32. The van der Waals surface area contributed by atoms with Crippen LogP contribution in [0.5, 0.6) is 5.75 Å². The summed E-state index contributed by atoms with van der Waals surface area (Å²) in [7, 11) is 1.74. The number of ether oxygens (including phenoxy) is 1. The van der Waals surface area contributed by atoms with Gasteiger partial charge < -0.3 is 9.64 Å². The van der Waals surface area contributed by atoms with Crippen LogP contribution in [0.4, 0.5) is 0 Å². The molecule has 7 heteroatoms.